The third-order valence-corrected chi connectivity index (χ3v) is 6.28. The third-order valence-electron chi connectivity index (χ3n) is 5.68. The lowest BCUT2D eigenvalue weighted by atomic mass is 9.87. The van der Waals surface area contributed by atoms with Gasteiger partial charge in [0.05, 0.1) is 18.7 Å². The molecule has 1 unspecified atom stereocenters. The van der Waals surface area contributed by atoms with Crippen LogP contribution in [0.15, 0.2) is 60.7 Å². The van der Waals surface area contributed by atoms with E-state index < -0.39 is 11.5 Å². The van der Waals surface area contributed by atoms with Gasteiger partial charge < -0.3 is 10.0 Å². The molecule has 1 amide bonds. The zero-order valence-corrected chi connectivity index (χ0v) is 18.7. The monoisotopic (exact) mass is 453 g/mol. The first kappa shape index (κ1) is 21.6. The molecule has 0 saturated carbocycles. The predicted molar refractivity (Wildman–Crippen MR) is 123 cm³/mol. The lowest BCUT2D eigenvalue weighted by molar-refractivity contribution is -0.136. The second kappa shape index (κ2) is 8.12. The van der Waals surface area contributed by atoms with E-state index in [1.165, 1.54) is 4.90 Å². The van der Waals surface area contributed by atoms with Gasteiger partial charge >= 0.3 is 0 Å². The maximum absolute atomic E-state index is 13.5. The summed E-state index contributed by atoms with van der Waals surface area (Å²) in [5.74, 6) is -0.873. The molecule has 31 heavy (non-hydrogen) atoms. The van der Waals surface area contributed by atoms with Crippen LogP contribution in [-0.4, -0.2) is 16.8 Å². The number of carbonyl (C=O) groups excluding carboxylic acids is 2. The number of hydrogen-bond acceptors (Lipinski definition) is 3. The number of Topliss-reactive ketones (excluding diaryl/α,β-unsaturated/α-hetero) is 1. The van der Waals surface area contributed by atoms with Gasteiger partial charge in [0.15, 0.2) is 11.4 Å². The zero-order chi connectivity index (χ0) is 22.3. The molecule has 3 aromatic carbocycles. The Kier molecular flexibility index (Phi) is 5.65. The highest BCUT2D eigenvalue weighted by Crippen LogP contribution is 2.45. The number of fused-ring (bicyclic) bond motifs is 1. The average molecular weight is 454 g/mol. The number of benzene rings is 3. The van der Waals surface area contributed by atoms with Gasteiger partial charge in [-0.25, -0.2) is 0 Å². The lowest BCUT2D eigenvalue weighted by Gasteiger charge is -2.23. The summed E-state index contributed by atoms with van der Waals surface area (Å²) in [6.07, 6.45) is -0.373. The largest absolute Gasteiger partial charge is 0.375 e. The van der Waals surface area contributed by atoms with Crippen LogP contribution in [0.2, 0.25) is 10.0 Å². The number of halogens is 2. The molecular formula is C25H21Cl2NO3. The van der Waals surface area contributed by atoms with Gasteiger partial charge in [0, 0.05) is 21.2 Å². The van der Waals surface area contributed by atoms with Crippen molar-refractivity contribution in [2.24, 2.45) is 0 Å². The van der Waals surface area contributed by atoms with E-state index in [1.54, 1.807) is 30.3 Å². The molecule has 4 rings (SSSR count). The SMILES string of the molecule is Cc1ccc(C(=O)CC2(O)C(=O)N(Cc3ccccc3Cl)c3ccc(Cl)cc32)c(C)c1. The highest BCUT2D eigenvalue weighted by Gasteiger charge is 2.51. The van der Waals surface area contributed by atoms with Crippen molar-refractivity contribution in [1.82, 2.24) is 0 Å². The van der Waals surface area contributed by atoms with Gasteiger partial charge in [-0.05, 0) is 49.2 Å². The van der Waals surface area contributed by atoms with E-state index in [1.807, 2.05) is 44.2 Å². The van der Waals surface area contributed by atoms with Crippen molar-refractivity contribution >= 4 is 40.6 Å². The van der Waals surface area contributed by atoms with Gasteiger partial charge in [-0.1, -0.05) is 65.2 Å². The van der Waals surface area contributed by atoms with Gasteiger partial charge in [-0.2, -0.15) is 0 Å². The molecule has 6 heteroatoms. The van der Waals surface area contributed by atoms with Crippen LogP contribution >= 0.6 is 23.2 Å². The summed E-state index contributed by atoms with van der Waals surface area (Å²) in [7, 11) is 0. The van der Waals surface area contributed by atoms with Crippen molar-refractivity contribution in [1.29, 1.82) is 0 Å². The van der Waals surface area contributed by atoms with Crippen molar-refractivity contribution in [2.45, 2.75) is 32.4 Å². The first-order chi connectivity index (χ1) is 14.7. The van der Waals surface area contributed by atoms with Crippen LogP contribution in [0.25, 0.3) is 0 Å². The topological polar surface area (TPSA) is 57.6 Å². The molecule has 0 saturated heterocycles. The van der Waals surface area contributed by atoms with Gasteiger partial charge in [0.25, 0.3) is 5.91 Å². The smallest absolute Gasteiger partial charge is 0.264 e. The Hall–Kier alpha value is -2.66. The maximum Gasteiger partial charge on any atom is 0.264 e. The number of nitrogens with zero attached hydrogens (tertiary/aromatic N) is 1. The van der Waals surface area contributed by atoms with Crippen LogP contribution in [0, 0.1) is 13.8 Å². The van der Waals surface area contributed by atoms with E-state index in [0.717, 1.165) is 16.7 Å². The van der Waals surface area contributed by atoms with Crippen LogP contribution in [0.5, 0.6) is 0 Å². The average Bonchev–Trinajstić information content (AvgIpc) is 2.91. The minimum Gasteiger partial charge on any atom is -0.375 e. The molecule has 0 aromatic heterocycles. The van der Waals surface area contributed by atoms with E-state index in [4.69, 9.17) is 23.2 Å². The molecule has 1 N–H and O–H groups in total. The second-order valence-electron chi connectivity index (χ2n) is 7.92. The van der Waals surface area contributed by atoms with Gasteiger partial charge in [0.1, 0.15) is 0 Å². The molecule has 0 bridgehead atoms. The number of hydrogen-bond donors (Lipinski definition) is 1. The van der Waals surface area contributed by atoms with E-state index in [2.05, 4.69) is 0 Å². The molecule has 1 aliphatic rings. The fourth-order valence-electron chi connectivity index (χ4n) is 4.10. The summed E-state index contributed by atoms with van der Waals surface area (Å²) in [6.45, 7) is 3.96. The molecule has 0 fully saturated rings. The summed E-state index contributed by atoms with van der Waals surface area (Å²) in [4.78, 5) is 28.0. The normalized spacial score (nSPS) is 17.7. The number of rotatable bonds is 5. The summed E-state index contributed by atoms with van der Waals surface area (Å²) < 4.78 is 0. The fourth-order valence-corrected chi connectivity index (χ4v) is 4.47. The van der Waals surface area contributed by atoms with Crippen molar-refractivity contribution in [2.75, 3.05) is 4.90 Å². The van der Waals surface area contributed by atoms with Gasteiger partial charge in [-0.3, -0.25) is 9.59 Å². The molecule has 3 aromatic rings. The fraction of sp³-hybridized carbons (Fsp3) is 0.200. The zero-order valence-electron chi connectivity index (χ0n) is 17.2. The Bertz CT molecular complexity index is 1210. The minimum absolute atomic E-state index is 0.174. The quantitative estimate of drug-likeness (QED) is 0.510. The van der Waals surface area contributed by atoms with Crippen LogP contribution < -0.4 is 4.90 Å². The number of ketones is 1. The summed E-state index contributed by atoms with van der Waals surface area (Å²) in [5.41, 5.74) is 1.91. The van der Waals surface area contributed by atoms with Crippen LogP contribution in [0.3, 0.4) is 0 Å². The Morgan fingerprint density at radius 1 is 1.03 bits per heavy atom. The molecular weight excluding hydrogens is 433 g/mol. The van der Waals surface area contributed by atoms with E-state index in [-0.39, 0.29) is 18.7 Å². The lowest BCUT2D eigenvalue weighted by Crippen LogP contribution is -2.41. The Balaban J connectivity index is 1.73. The van der Waals surface area contributed by atoms with E-state index in [0.29, 0.717) is 26.9 Å². The number of anilines is 1. The van der Waals surface area contributed by atoms with Crippen LogP contribution in [-0.2, 0) is 16.9 Å². The van der Waals surface area contributed by atoms with E-state index in [9.17, 15) is 14.7 Å². The molecule has 0 aliphatic carbocycles. The van der Waals surface area contributed by atoms with Crippen molar-refractivity contribution in [3.05, 3.63) is 98.5 Å². The summed E-state index contributed by atoms with van der Waals surface area (Å²) in [6, 6.07) is 17.6. The first-order valence-electron chi connectivity index (χ1n) is 9.89. The number of aliphatic hydroxyl groups is 1. The highest BCUT2D eigenvalue weighted by molar-refractivity contribution is 6.31. The Morgan fingerprint density at radius 2 is 1.77 bits per heavy atom. The van der Waals surface area contributed by atoms with Crippen LogP contribution in [0.4, 0.5) is 5.69 Å². The maximum atomic E-state index is 13.5. The van der Waals surface area contributed by atoms with E-state index >= 15 is 0 Å². The molecule has 1 aliphatic heterocycles. The molecule has 1 atom stereocenters. The first-order valence-corrected chi connectivity index (χ1v) is 10.6. The highest BCUT2D eigenvalue weighted by atomic mass is 35.5. The second-order valence-corrected chi connectivity index (χ2v) is 8.77. The standard InChI is InChI=1S/C25H21Cl2NO3/c1-15-7-9-19(16(2)11-15)23(29)13-25(31)20-12-18(26)8-10-22(20)28(24(25)30)14-17-5-3-4-6-21(17)27/h3-12,31H,13-14H2,1-2H3. The van der Waals surface area contributed by atoms with Crippen LogP contribution in [0.1, 0.15) is 39.0 Å². The van der Waals surface area contributed by atoms with Gasteiger partial charge in [-0.15, -0.1) is 0 Å². The number of aryl methyl sites for hydroxylation is 2. The van der Waals surface area contributed by atoms with Crippen molar-refractivity contribution in [3.8, 4) is 0 Å². The van der Waals surface area contributed by atoms with Crippen molar-refractivity contribution in [3.63, 3.8) is 0 Å². The number of carbonyl (C=O) groups is 2. The summed E-state index contributed by atoms with van der Waals surface area (Å²) in [5, 5.41) is 12.4. The molecule has 1 heterocycles. The summed E-state index contributed by atoms with van der Waals surface area (Å²) >= 11 is 12.5. The number of amides is 1. The Labute approximate surface area is 191 Å². The molecule has 4 nitrogen and oxygen atoms in total. The Morgan fingerprint density at radius 3 is 2.48 bits per heavy atom. The molecule has 0 spiro atoms. The van der Waals surface area contributed by atoms with Gasteiger partial charge in [0.2, 0.25) is 0 Å². The predicted octanol–water partition coefficient (Wildman–Crippen LogP) is 5.62. The van der Waals surface area contributed by atoms with Crippen molar-refractivity contribution < 1.29 is 14.7 Å². The minimum atomic E-state index is -2.00. The third kappa shape index (κ3) is 3.87. The molecule has 0 radical (unpaired) electrons. The molecule has 158 valence electrons.